The number of nitrogens with two attached hydrogens (primary N) is 1. The lowest BCUT2D eigenvalue weighted by Crippen LogP contribution is -2.08. The first-order chi connectivity index (χ1) is 7.38. The first-order valence-electron chi connectivity index (χ1n) is 5.55. The molecule has 1 fully saturated rings. The van der Waals surface area contributed by atoms with E-state index in [0.717, 1.165) is 11.2 Å². The minimum Gasteiger partial charge on any atom is -0.326 e. The molecule has 2 aromatic heterocycles. The highest BCUT2D eigenvalue weighted by Crippen LogP contribution is 2.35. The fourth-order valence-electron chi connectivity index (χ4n) is 2.15. The fourth-order valence-corrected chi connectivity index (χ4v) is 2.15. The lowest BCUT2D eigenvalue weighted by atomic mass is 9.83. The third-order valence-electron chi connectivity index (χ3n) is 3.33. The summed E-state index contributed by atoms with van der Waals surface area (Å²) in [7, 11) is 0. The number of fused-ring (bicyclic) bond motifs is 1. The predicted octanol–water partition coefficient (Wildman–Crippen LogP) is 2.06. The molecule has 78 valence electrons. The van der Waals surface area contributed by atoms with Crippen molar-refractivity contribution in [1.82, 2.24) is 9.38 Å². The van der Waals surface area contributed by atoms with Crippen molar-refractivity contribution < 1.29 is 0 Å². The maximum absolute atomic E-state index is 5.69. The number of imidazole rings is 1. The van der Waals surface area contributed by atoms with Crippen molar-refractivity contribution in [2.45, 2.75) is 31.7 Å². The van der Waals surface area contributed by atoms with Gasteiger partial charge in [0.1, 0.15) is 5.65 Å². The molecule has 0 aromatic carbocycles. The third-order valence-corrected chi connectivity index (χ3v) is 3.33. The molecule has 3 heteroatoms. The summed E-state index contributed by atoms with van der Waals surface area (Å²) in [6.07, 6.45) is 8.13. The number of pyridine rings is 1. The van der Waals surface area contributed by atoms with Gasteiger partial charge in [0.25, 0.3) is 0 Å². The topological polar surface area (TPSA) is 43.3 Å². The Morgan fingerprint density at radius 1 is 1.47 bits per heavy atom. The molecule has 1 aliphatic carbocycles. The van der Waals surface area contributed by atoms with E-state index in [9.17, 15) is 0 Å². The van der Waals surface area contributed by atoms with Gasteiger partial charge in [-0.2, -0.15) is 0 Å². The van der Waals surface area contributed by atoms with Crippen LogP contribution in [0.4, 0.5) is 0 Å². The molecular weight excluding hydrogens is 186 g/mol. The molecule has 0 atom stereocenters. The molecule has 0 amide bonds. The second kappa shape index (κ2) is 3.35. The van der Waals surface area contributed by atoms with Gasteiger partial charge < -0.3 is 10.1 Å². The maximum atomic E-state index is 5.69. The zero-order valence-corrected chi connectivity index (χ0v) is 8.69. The number of hydrogen-bond acceptors (Lipinski definition) is 2. The SMILES string of the molecule is NCc1cccn2cc(C3CCC3)nc12. The summed E-state index contributed by atoms with van der Waals surface area (Å²) >= 11 is 0. The predicted molar refractivity (Wildman–Crippen MR) is 59.7 cm³/mol. The van der Waals surface area contributed by atoms with E-state index in [1.54, 1.807) is 0 Å². The summed E-state index contributed by atoms with van der Waals surface area (Å²) in [4.78, 5) is 4.69. The van der Waals surface area contributed by atoms with Crippen LogP contribution >= 0.6 is 0 Å². The average molecular weight is 201 g/mol. The average Bonchev–Trinajstić information content (AvgIpc) is 2.57. The lowest BCUT2D eigenvalue weighted by molar-refractivity contribution is 0.412. The van der Waals surface area contributed by atoms with Crippen LogP contribution in [-0.2, 0) is 6.54 Å². The summed E-state index contributed by atoms with van der Waals surface area (Å²) in [6.45, 7) is 0.561. The second-order valence-electron chi connectivity index (χ2n) is 4.26. The van der Waals surface area contributed by atoms with E-state index in [0.29, 0.717) is 12.5 Å². The van der Waals surface area contributed by atoms with Gasteiger partial charge in [-0.3, -0.25) is 0 Å². The van der Waals surface area contributed by atoms with Gasteiger partial charge in [-0.25, -0.2) is 4.98 Å². The molecule has 0 spiro atoms. The Morgan fingerprint density at radius 3 is 3.00 bits per heavy atom. The van der Waals surface area contributed by atoms with Crippen LogP contribution in [0, 0.1) is 0 Å². The van der Waals surface area contributed by atoms with Crippen molar-refractivity contribution in [3.8, 4) is 0 Å². The largest absolute Gasteiger partial charge is 0.326 e. The Hall–Kier alpha value is -1.35. The van der Waals surface area contributed by atoms with Crippen LogP contribution in [-0.4, -0.2) is 9.38 Å². The van der Waals surface area contributed by atoms with Crippen molar-refractivity contribution >= 4 is 5.65 Å². The standard InChI is InChI=1S/C12H15N3/c13-7-10-5-2-6-15-8-11(14-12(10)15)9-3-1-4-9/h2,5-6,8-9H,1,3-4,7,13H2. The van der Waals surface area contributed by atoms with Crippen LogP contribution < -0.4 is 5.73 Å². The molecule has 2 heterocycles. The first kappa shape index (κ1) is 8.92. The van der Waals surface area contributed by atoms with Crippen LogP contribution in [0.5, 0.6) is 0 Å². The molecule has 3 rings (SSSR count). The summed E-state index contributed by atoms with van der Waals surface area (Å²) in [5.74, 6) is 0.690. The molecule has 2 aromatic rings. The van der Waals surface area contributed by atoms with E-state index in [4.69, 9.17) is 5.73 Å². The minimum atomic E-state index is 0.561. The highest BCUT2D eigenvalue weighted by atomic mass is 15.0. The van der Waals surface area contributed by atoms with Crippen molar-refractivity contribution in [2.24, 2.45) is 5.73 Å². The van der Waals surface area contributed by atoms with Crippen LogP contribution in [0.2, 0.25) is 0 Å². The normalized spacial score (nSPS) is 16.9. The summed E-state index contributed by atoms with van der Waals surface area (Å²) < 4.78 is 2.09. The summed E-state index contributed by atoms with van der Waals surface area (Å²) in [5, 5.41) is 0. The smallest absolute Gasteiger partial charge is 0.141 e. The van der Waals surface area contributed by atoms with E-state index >= 15 is 0 Å². The van der Waals surface area contributed by atoms with Gasteiger partial charge in [-0.05, 0) is 18.9 Å². The first-order valence-corrected chi connectivity index (χ1v) is 5.55. The fraction of sp³-hybridized carbons (Fsp3) is 0.417. The van der Waals surface area contributed by atoms with Crippen LogP contribution in [0.25, 0.3) is 5.65 Å². The van der Waals surface area contributed by atoms with Crippen LogP contribution in [0.15, 0.2) is 24.5 Å². The molecule has 0 saturated heterocycles. The highest BCUT2D eigenvalue weighted by Gasteiger charge is 2.22. The van der Waals surface area contributed by atoms with E-state index < -0.39 is 0 Å². The Balaban J connectivity index is 2.12. The Morgan fingerprint density at radius 2 is 2.33 bits per heavy atom. The Labute approximate surface area is 88.9 Å². The van der Waals surface area contributed by atoms with Gasteiger partial charge in [-0.15, -0.1) is 0 Å². The number of rotatable bonds is 2. The van der Waals surface area contributed by atoms with Gasteiger partial charge in [0.05, 0.1) is 5.69 Å². The van der Waals surface area contributed by atoms with Gasteiger partial charge in [0.2, 0.25) is 0 Å². The van der Waals surface area contributed by atoms with E-state index in [2.05, 4.69) is 15.6 Å². The van der Waals surface area contributed by atoms with E-state index in [1.165, 1.54) is 25.0 Å². The van der Waals surface area contributed by atoms with Crippen molar-refractivity contribution in [3.05, 3.63) is 35.8 Å². The third kappa shape index (κ3) is 1.35. The molecule has 1 aliphatic rings. The molecule has 0 bridgehead atoms. The molecule has 0 aliphatic heterocycles. The lowest BCUT2D eigenvalue weighted by Gasteiger charge is -2.22. The maximum Gasteiger partial charge on any atom is 0.141 e. The molecular formula is C12H15N3. The van der Waals surface area contributed by atoms with Crippen molar-refractivity contribution in [3.63, 3.8) is 0 Å². The molecule has 0 unspecified atom stereocenters. The van der Waals surface area contributed by atoms with E-state index in [1.807, 2.05) is 18.3 Å². The summed E-state index contributed by atoms with van der Waals surface area (Å²) in [6, 6.07) is 4.08. The molecule has 1 saturated carbocycles. The van der Waals surface area contributed by atoms with Gasteiger partial charge >= 0.3 is 0 Å². The minimum absolute atomic E-state index is 0.561. The number of hydrogen-bond donors (Lipinski definition) is 1. The molecule has 0 radical (unpaired) electrons. The van der Waals surface area contributed by atoms with Crippen LogP contribution in [0.1, 0.15) is 36.4 Å². The quantitative estimate of drug-likeness (QED) is 0.808. The zero-order valence-electron chi connectivity index (χ0n) is 8.69. The summed E-state index contributed by atoms with van der Waals surface area (Å²) in [5.41, 5.74) is 9.09. The highest BCUT2D eigenvalue weighted by molar-refractivity contribution is 5.49. The van der Waals surface area contributed by atoms with Crippen LogP contribution in [0.3, 0.4) is 0 Å². The Bertz CT molecular complexity index is 483. The molecule has 2 N–H and O–H groups in total. The van der Waals surface area contributed by atoms with Crippen molar-refractivity contribution in [1.29, 1.82) is 0 Å². The zero-order chi connectivity index (χ0) is 10.3. The number of aromatic nitrogens is 2. The van der Waals surface area contributed by atoms with Crippen molar-refractivity contribution in [2.75, 3.05) is 0 Å². The molecule has 15 heavy (non-hydrogen) atoms. The monoisotopic (exact) mass is 201 g/mol. The van der Waals surface area contributed by atoms with Gasteiger partial charge in [-0.1, -0.05) is 12.5 Å². The number of nitrogens with zero attached hydrogens (tertiary/aromatic N) is 2. The van der Waals surface area contributed by atoms with Gasteiger partial charge in [0.15, 0.2) is 0 Å². The van der Waals surface area contributed by atoms with E-state index in [-0.39, 0.29) is 0 Å². The second-order valence-corrected chi connectivity index (χ2v) is 4.26. The Kier molecular flexibility index (Phi) is 1.99. The van der Waals surface area contributed by atoms with Gasteiger partial charge in [0, 0.05) is 30.4 Å². The molecule has 3 nitrogen and oxygen atoms in total.